The summed E-state index contributed by atoms with van der Waals surface area (Å²) in [5, 5.41) is 2.10. The number of alkyl halides is 6. The molecule has 2 unspecified atom stereocenters. The van der Waals surface area contributed by atoms with Crippen LogP contribution in [0.15, 0.2) is 60.7 Å². The van der Waals surface area contributed by atoms with E-state index >= 15 is 0 Å². The zero-order valence-corrected chi connectivity index (χ0v) is 17.5. The zero-order chi connectivity index (χ0) is 22.9. The van der Waals surface area contributed by atoms with Crippen molar-refractivity contribution in [2.75, 3.05) is 0 Å². The molecule has 32 heavy (non-hydrogen) atoms. The van der Waals surface area contributed by atoms with Crippen LogP contribution in [0, 0.1) is 0 Å². The third kappa shape index (κ3) is 4.66. The van der Waals surface area contributed by atoms with Crippen LogP contribution in [0.5, 0.6) is 0 Å². The Balaban J connectivity index is 1.87. The van der Waals surface area contributed by atoms with E-state index in [0.717, 1.165) is 10.0 Å². The first-order chi connectivity index (χ1) is 15.2. The second-order valence-corrected chi connectivity index (χ2v) is 8.59. The maximum Gasteiger partial charge on any atom is 0.405 e. The van der Waals surface area contributed by atoms with Gasteiger partial charge in [0, 0.05) is 0 Å². The van der Waals surface area contributed by atoms with Gasteiger partial charge in [-0.3, -0.25) is 0 Å². The number of hydrogen-bond donors (Lipinski definition) is 0. The summed E-state index contributed by atoms with van der Waals surface area (Å²) in [6, 6.07) is 11.8. The lowest BCUT2D eigenvalue weighted by atomic mass is 9.88. The Morgan fingerprint density at radius 3 is 1.19 bits per heavy atom. The molecule has 2 heterocycles. The molecule has 2 aliphatic heterocycles. The van der Waals surface area contributed by atoms with Gasteiger partial charge in [0.1, 0.15) is 12.1 Å². The minimum Gasteiger partial charge on any atom is -0.221 e. The predicted molar refractivity (Wildman–Crippen MR) is 109 cm³/mol. The second kappa shape index (κ2) is 9.06. The molecule has 174 valence electrons. The first-order valence-corrected chi connectivity index (χ1v) is 11.0. The molecule has 0 aliphatic carbocycles. The maximum absolute atomic E-state index is 14.2. The van der Waals surface area contributed by atoms with Crippen LogP contribution in [0.2, 0.25) is 0 Å². The largest absolute Gasteiger partial charge is 0.405 e. The molecule has 0 aromatic heterocycles. The minimum atomic E-state index is -4.64. The Hall–Kier alpha value is -2.06. The van der Waals surface area contributed by atoms with Crippen LogP contribution in [0.1, 0.15) is 61.7 Å². The number of piperidine rings is 2. The van der Waals surface area contributed by atoms with Crippen molar-refractivity contribution in [2.24, 2.45) is 0 Å². The van der Waals surface area contributed by atoms with Crippen LogP contribution in [0.4, 0.5) is 26.3 Å². The number of hydrazine groups is 1. The molecule has 0 spiro atoms. The van der Waals surface area contributed by atoms with Gasteiger partial charge in [-0.2, -0.15) is 26.3 Å². The molecule has 2 fully saturated rings. The average Bonchev–Trinajstić information content (AvgIpc) is 2.78. The molecule has 0 N–H and O–H groups in total. The maximum atomic E-state index is 14.2. The molecule has 8 heteroatoms. The average molecular weight is 456 g/mol. The van der Waals surface area contributed by atoms with Crippen LogP contribution in [-0.4, -0.2) is 34.5 Å². The lowest BCUT2D eigenvalue weighted by Gasteiger charge is -2.55. The van der Waals surface area contributed by atoms with E-state index in [1.54, 1.807) is 60.7 Å². The minimum absolute atomic E-state index is 0.213. The predicted octanol–water partition coefficient (Wildman–Crippen LogP) is 7.22. The highest BCUT2D eigenvalue weighted by atomic mass is 19.4. The van der Waals surface area contributed by atoms with E-state index in [1.807, 2.05) is 0 Å². The summed E-state index contributed by atoms with van der Waals surface area (Å²) in [6.45, 7) is 0. The number of nitrogens with zero attached hydrogens (tertiary/aromatic N) is 2. The highest BCUT2D eigenvalue weighted by Gasteiger charge is 2.57. The molecule has 2 aromatic carbocycles. The Labute approximate surface area is 183 Å². The number of rotatable bonds is 3. The van der Waals surface area contributed by atoms with E-state index in [1.165, 1.54) is 0 Å². The highest BCUT2D eigenvalue weighted by molar-refractivity contribution is 5.23. The Bertz CT molecular complexity index is 794. The summed E-state index contributed by atoms with van der Waals surface area (Å²) in [5.41, 5.74) is 1.22. The van der Waals surface area contributed by atoms with Gasteiger partial charge in [-0.15, -0.1) is 0 Å². The molecule has 4 atom stereocenters. The molecule has 2 aliphatic rings. The lowest BCUT2D eigenvalue weighted by Crippen LogP contribution is -2.64. The Morgan fingerprint density at radius 1 is 0.531 bits per heavy atom. The van der Waals surface area contributed by atoms with Crippen molar-refractivity contribution in [3.05, 3.63) is 71.8 Å². The van der Waals surface area contributed by atoms with Crippen molar-refractivity contribution >= 4 is 0 Å². The first kappa shape index (κ1) is 23.1. The lowest BCUT2D eigenvalue weighted by molar-refractivity contribution is -0.306. The van der Waals surface area contributed by atoms with Gasteiger partial charge in [-0.1, -0.05) is 60.7 Å². The van der Waals surface area contributed by atoms with Gasteiger partial charge in [0.15, 0.2) is 0 Å². The fourth-order valence-electron chi connectivity index (χ4n) is 5.23. The van der Waals surface area contributed by atoms with Gasteiger partial charge in [-0.25, -0.2) is 10.0 Å². The summed E-state index contributed by atoms with van der Waals surface area (Å²) in [6.07, 6.45) is -8.34. The molecular weight excluding hydrogens is 430 g/mol. The quantitative estimate of drug-likeness (QED) is 0.450. The van der Waals surface area contributed by atoms with Crippen LogP contribution in [0.3, 0.4) is 0 Å². The summed E-state index contributed by atoms with van der Waals surface area (Å²) in [4.78, 5) is 0. The summed E-state index contributed by atoms with van der Waals surface area (Å²) < 4.78 is 85.4. The standard InChI is InChI=1S/C24H26F6N2/c25-23(26,27)21-15-7-13-19(17-9-3-1-4-10-17)31(21)32-20(18-11-5-2-6-12-18)14-8-16-22(32)24(28,29)30/h1-6,9-12,19-22H,7-8,13-16H2/t19?,20?,21-,22-/m0/s1. The number of halogens is 6. The number of benzene rings is 2. The smallest absolute Gasteiger partial charge is 0.221 e. The van der Waals surface area contributed by atoms with E-state index in [4.69, 9.17) is 0 Å². The molecule has 0 bridgehead atoms. The second-order valence-electron chi connectivity index (χ2n) is 8.59. The Morgan fingerprint density at radius 2 is 0.875 bits per heavy atom. The molecule has 0 radical (unpaired) electrons. The van der Waals surface area contributed by atoms with Gasteiger partial charge in [0.05, 0.1) is 12.1 Å². The van der Waals surface area contributed by atoms with Crippen molar-refractivity contribution in [2.45, 2.75) is 75.0 Å². The molecular formula is C24H26F6N2. The van der Waals surface area contributed by atoms with E-state index in [2.05, 4.69) is 0 Å². The molecule has 0 amide bonds. The van der Waals surface area contributed by atoms with E-state index in [0.29, 0.717) is 36.8 Å². The molecule has 4 rings (SSSR count). The topological polar surface area (TPSA) is 6.48 Å². The third-order valence-corrected chi connectivity index (χ3v) is 6.58. The van der Waals surface area contributed by atoms with Crippen molar-refractivity contribution in [1.82, 2.24) is 10.0 Å². The molecule has 2 saturated heterocycles. The van der Waals surface area contributed by atoms with E-state index < -0.39 is 36.5 Å². The van der Waals surface area contributed by atoms with Crippen molar-refractivity contribution < 1.29 is 26.3 Å². The van der Waals surface area contributed by atoms with Crippen LogP contribution in [0.25, 0.3) is 0 Å². The van der Waals surface area contributed by atoms with Gasteiger partial charge in [0.2, 0.25) is 0 Å². The van der Waals surface area contributed by atoms with Gasteiger partial charge in [-0.05, 0) is 49.7 Å². The van der Waals surface area contributed by atoms with Crippen molar-refractivity contribution in [1.29, 1.82) is 0 Å². The summed E-state index contributed by atoms with van der Waals surface area (Å²) in [5.74, 6) is 0. The van der Waals surface area contributed by atoms with Crippen LogP contribution < -0.4 is 0 Å². The molecule has 0 saturated carbocycles. The normalized spacial score (nSPS) is 28.6. The van der Waals surface area contributed by atoms with Crippen molar-refractivity contribution in [3.63, 3.8) is 0 Å². The van der Waals surface area contributed by atoms with Gasteiger partial charge >= 0.3 is 12.4 Å². The van der Waals surface area contributed by atoms with E-state index in [9.17, 15) is 26.3 Å². The monoisotopic (exact) mass is 456 g/mol. The first-order valence-electron chi connectivity index (χ1n) is 11.0. The zero-order valence-electron chi connectivity index (χ0n) is 17.5. The highest BCUT2D eigenvalue weighted by Crippen LogP contribution is 2.49. The molecule has 2 nitrogen and oxygen atoms in total. The van der Waals surface area contributed by atoms with Gasteiger partial charge in [0.25, 0.3) is 0 Å². The number of hydrogen-bond acceptors (Lipinski definition) is 2. The molecule has 2 aromatic rings. The fraction of sp³-hybridized carbons (Fsp3) is 0.500. The third-order valence-electron chi connectivity index (χ3n) is 6.58. The SMILES string of the molecule is FC(F)(F)[C@@H]1CCCC(c2ccccc2)N1N1C(c2ccccc2)CCC[C@H]1C(F)(F)F. The van der Waals surface area contributed by atoms with Crippen LogP contribution >= 0.6 is 0 Å². The van der Waals surface area contributed by atoms with E-state index in [-0.39, 0.29) is 12.8 Å². The van der Waals surface area contributed by atoms with Crippen molar-refractivity contribution in [3.8, 4) is 0 Å². The summed E-state index contributed by atoms with van der Waals surface area (Å²) in [7, 11) is 0. The Kier molecular flexibility index (Phi) is 6.54. The fourth-order valence-corrected chi connectivity index (χ4v) is 5.23. The van der Waals surface area contributed by atoms with Crippen LogP contribution in [-0.2, 0) is 0 Å². The summed E-state index contributed by atoms with van der Waals surface area (Å²) >= 11 is 0. The van der Waals surface area contributed by atoms with Gasteiger partial charge < -0.3 is 0 Å².